The Labute approximate surface area is 177 Å². The van der Waals surface area contributed by atoms with E-state index in [0.717, 1.165) is 24.5 Å². The molecule has 2 aromatic carbocycles. The first-order chi connectivity index (χ1) is 14.9. The van der Waals surface area contributed by atoms with Crippen molar-refractivity contribution in [3.8, 4) is 11.5 Å². The highest BCUT2D eigenvalue weighted by molar-refractivity contribution is 5.93. The van der Waals surface area contributed by atoms with E-state index in [0.29, 0.717) is 31.3 Å². The van der Waals surface area contributed by atoms with Crippen LogP contribution in [-0.4, -0.2) is 48.1 Å². The van der Waals surface area contributed by atoms with Crippen LogP contribution >= 0.6 is 0 Å². The van der Waals surface area contributed by atoms with E-state index in [1.807, 2.05) is 18.2 Å². The van der Waals surface area contributed by atoms with Gasteiger partial charge in [-0.3, -0.25) is 14.9 Å². The molecule has 2 aliphatic rings. The first kappa shape index (κ1) is 20.5. The number of fused-ring (bicyclic) bond motifs is 1. The first-order valence-electron chi connectivity index (χ1n) is 9.84. The van der Waals surface area contributed by atoms with Crippen LogP contribution in [0.5, 0.6) is 11.5 Å². The number of esters is 1. The van der Waals surface area contributed by atoms with Crippen molar-refractivity contribution in [2.75, 3.05) is 32.1 Å². The van der Waals surface area contributed by atoms with E-state index < -0.39 is 17.5 Å². The van der Waals surface area contributed by atoms with Crippen molar-refractivity contribution in [2.24, 2.45) is 0 Å². The number of rotatable bonds is 5. The molecule has 0 bridgehead atoms. The number of nitrogen functional groups attached to an aromatic ring is 1. The topological polar surface area (TPSA) is 134 Å². The zero-order chi connectivity index (χ0) is 22.0. The molecule has 1 atom stereocenters. The molecular formula is C21H21N3O7. The van der Waals surface area contributed by atoms with Gasteiger partial charge >= 0.3 is 5.97 Å². The summed E-state index contributed by atoms with van der Waals surface area (Å²) < 4.78 is 16.3. The summed E-state index contributed by atoms with van der Waals surface area (Å²) in [5, 5.41) is 11.0. The Morgan fingerprint density at radius 3 is 2.71 bits per heavy atom. The SMILES string of the molecule is Nc1ccc(C(=O)OCC(=O)N2CCCC2c2ccc3c(c2)OCCO3)cc1[N+](=O)[O-]. The molecule has 0 saturated carbocycles. The second kappa shape index (κ2) is 8.50. The van der Waals surface area contributed by atoms with Crippen molar-refractivity contribution in [2.45, 2.75) is 18.9 Å². The quantitative estimate of drug-likeness (QED) is 0.333. The number of carbonyl (C=O) groups excluding carboxylic acids is 2. The number of anilines is 1. The summed E-state index contributed by atoms with van der Waals surface area (Å²) in [6.45, 7) is 1.06. The molecule has 0 aliphatic carbocycles. The van der Waals surface area contributed by atoms with E-state index in [1.165, 1.54) is 12.1 Å². The molecule has 0 radical (unpaired) electrons. The Bertz CT molecular complexity index is 1040. The summed E-state index contributed by atoms with van der Waals surface area (Å²) in [6.07, 6.45) is 1.60. The zero-order valence-corrected chi connectivity index (χ0v) is 16.6. The van der Waals surface area contributed by atoms with Crippen LogP contribution in [0.3, 0.4) is 0 Å². The van der Waals surface area contributed by atoms with E-state index in [4.69, 9.17) is 19.9 Å². The Morgan fingerprint density at radius 1 is 1.16 bits per heavy atom. The standard InChI is InChI=1S/C21H21N3O7/c22-15-5-3-14(10-17(15)24(27)28)21(26)31-12-20(25)23-7-1-2-16(23)13-4-6-18-19(11-13)30-9-8-29-18/h3-6,10-11,16H,1-2,7-9,12,22H2. The minimum Gasteiger partial charge on any atom is -0.486 e. The number of benzene rings is 2. The molecule has 4 rings (SSSR count). The molecule has 0 aromatic heterocycles. The van der Waals surface area contributed by atoms with Crippen molar-refractivity contribution in [3.05, 3.63) is 57.6 Å². The van der Waals surface area contributed by atoms with Crippen LogP contribution in [0.25, 0.3) is 0 Å². The maximum absolute atomic E-state index is 12.7. The van der Waals surface area contributed by atoms with Crippen LogP contribution in [0.2, 0.25) is 0 Å². The van der Waals surface area contributed by atoms with Gasteiger partial charge in [0.25, 0.3) is 11.6 Å². The van der Waals surface area contributed by atoms with Crippen LogP contribution in [-0.2, 0) is 9.53 Å². The fourth-order valence-corrected chi connectivity index (χ4v) is 3.80. The molecule has 2 aromatic rings. The second-order valence-corrected chi connectivity index (χ2v) is 7.26. The van der Waals surface area contributed by atoms with Crippen molar-refractivity contribution in [3.63, 3.8) is 0 Å². The molecule has 0 spiro atoms. The average molecular weight is 427 g/mol. The summed E-state index contributed by atoms with van der Waals surface area (Å²) in [4.78, 5) is 37.0. The number of nitrogens with two attached hydrogens (primary N) is 1. The second-order valence-electron chi connectivity index (χ2n) is 7.26. The highest BCUT2D eigenvalue weighted by Gasteiger charge is 2.31. The molecule has 10 heteroatoms. The van der Waals surface area contributed by atoms with Gasteiger partial charge in [0, 0.05) is 12.6 Å². The molecule has 2 heterocycles. The fourth-order valence-electron chi connectivity index (χ4n) is 3.80. The minimum absolute atomic E-state index is 0.0430. The van der Waals surface area contributed by atoms with Gasteiger partial charge in [-0.25, -0.2) is 4.79 Å². The summed E-state index contributed by atoms with van der Waals surface area (Å²) in [5.74, 6) is 0.166. The Hall–Kier alpha value is -3.82. The van der Waals surface area contributed by atoms with Crippen LogP contribution in [0.15, 0.2) is 36.4 Å². The summed E-state index contributed by atoms with van der Waals surface area (Å²) >= 11 is 0. The number of carbonyl (C=O) groups is 2. The van der Waals surface area contributed by atoms with Gasteiger partial charge in [0.2, 0.25) is 0 Å². The highest BCUT2D eigenvalue weighted by atomic mass is 16.6. The molecule has 1 unspecified atom stereocenters. The monoisotopic (exact) mass is 427 g/mol. The van der Waals surface area contributed by atoms with E-state index in [1.54, 1.807) is 4.90 Å². The average Bonchev–Trinajstić information content (AvgIpc) is 3.27. The van der Waals surface area contributed by atoms with E-state index in [-0.39, 0.29) is 28.9 Å². The highest BCUT2D eigenvalue weighted by Crippen LogP contribution is 2.38. The number of nitro benzene ring substituents is 1. The third kappa shape index (κ3) is 4.23. The van der Waals surface area contributed by atoms with Gasteiger partial charge in [-0.15, -0.1) is 0 Å². The van der Waals surface area contributed by atoms with Crippen LogP contribution < -0.4 is 15.2 Å². The Kier molecular flexibility index (Phi) is 5.61. The van der Waals surface area contributed by atoms with E-state index in [9.17, 15) is 19.7 Å². The van der Waals surface area contributed by atoms with Crippen LogP contribution in [0.1, 0.15) is 34.8 Å². The summed E-state index contributed by atoms with van der Waals surface area (Å²) in [6, 6.07) is 9.08. The number of ether oxygens (including phenoxy) is 3. The minimum atomic E-state index is -0.827. The molecular weight excluding hydrogens is 406 g/mol. The lowest BCUT2D eigenvalue weighted by Crippen LogP contribution is -2.34. The summed E-state index contributed by atoms with van der Waals surface area (Å²) in [7, 11) is 0. The molecule has 2 aliphatic heterocycles. The van der Waals surface area contributed by atoms with E-state index in [2.05, 4.69) is 0 Å². The van der Waals surface area contributed by atoms with Gasteiger partial charge in [-0.05, 0) is 42.7 Å². The predicted octanol–water partition coefficient (Wildman–Crippen LogP) is 2.47. The summed E-state index contributed by atoms with van der Waals surface area (Å²) in [5.41, 5.74) is 5.97. The van der Waals surface area contributed by atoms with Crippen LogP contribution in [0, 0.1) is 10.1 Å². The number of amides is 1. The molecule has 2 N–H and O–H groups in total. The maximum atomic E-state index is 12.7. The Balaban J connectivity index is 1.42. The van der Waals surface area contributed by atoms with Gasteiger partial charge in [-0.2, -0.15) is 0 Å². The first-order valence-corrected chi connectivity index (χ1v) is 9.84. The smallest absolute Gasteiger partial charge is 0.338 e. The lowest BCUT2D eigenvalue weighted by Gasteiger charge is -2.26. The molecule has 1 fully saturated rings. The van der Waals surface area contributed by atoms with Crippen molar-refractivity contribution in [1.82, 2.24) is 4.90 Å². The largest absolute Gasteiger partial charge is 0.486 e. The maximum Gasteiger partial charge on any atom is 0.338 e. The molecule has 10 nitrogen and oxygen atoms in total. The number of hydrogen-bond acceptors (Lipinski definition) is 8. The number of hydrogen-bond donors (Lipinski definition) is 1. The van der Waals surface area contributed by atoms with Crippen molar-refractivity contribution >= 4 is 23.3 Å². The van der Waals surface area contributed by atoms with Gasteiger partial charge in [0.15, 0.2) is 18.1 Å². The number of likely N-dealkylation sites (tertiary alicyclic amines) is 1. The van der Waals surface area contributed by atoms with Gasteiger partial charge < -0.3 is 24.8 Å². The number of nitrogens with zero attached hydrogens (tertiary/aromatic N) is 2. The molecule has 162 valence electrons. The van der Waals surface area contributed by atoms with Gasteiger partial charge in [0.05, 0.1) is 16.5 Å². The Morgan fingerprint density at radius 2 is 1.94 bits per heavy atom. The third-order valence-electron chi connectivity index (χ3n) is 5.31. The van der Waals surface area contributed by atoms with Crippen molar-refractivity contribution < 1.29 is 28.7 Å². The van der Waals surface area contributed by atoms with Gasteiger partial charge in [0.1, 0.15) is 18.9 Å². The normalized spacial score (nSPS) is 17.3. The lowest BCUT2D eigenvalue weighted by molar-refractivity contribution is -0.383. The fraction of sp³-hybridized carbons (Fsp3) is 0.333. The molecule has 1 amide bonds. The molecule has 31 heavy (non-hydrogen) atoms. The van der Waals surface area contributed by atoms with Crippen LogP contribution in [0.4, 0.5) is 11.4 Å². The molecule has 1 saturated heterocycles. The van der Waals surface area contributed by atoms with Gasteiger partial charge in [-0.1, -0.05) is 6.07 Å². The zero-order valence-electron chi connectivity index (χ0n) is 16.6. The van der Waals surface area contributed by atoms with E-state index >= 15 is 0 Å². The number of nitro groups is 1. The third-order valence-corrected chi connectivity index (χ3v) is 5.31. The lowest BCUT2D eigenvalue weighted by atomic mass is 10.0. The predicted molar refractivity (Wildman–Crippen MR) is 109 cm³/mol. The van der Waals surface area contributed by atoms with Crippen molar-refractivity contribution in [1.29, 1.82) is 0 Å².